The Morgan fingerprint density at radius 2 is 1.72 bits per heavy atom. The summed E-state index contributed by atoms with van der Waals surface area (Å²) in [7, 11) is 0. The van der Waals surface area contributed by atoms with E-state index in [0.29, 0.717) is 0 Å². The van der Waals surface area contributed by atoms with Crippen molar-refractivity contribution in [1.82, 2.24) is 19.2 Å². The lowest BCUT2D eigenvalue weighted by Gasteiger charge is -2.26. The fourth-order valence-corrected chi connectivity index (χ4v) is 3.75. The molecule has 0 saturated carbocycles. The van der Waals surface area contributed by atoms with Crippen LogP contribution in [0.4, 0.5) is 5.95 Å². The maximum absolute atomic E-state index is 5.81. The molecule has 0 radical (unpaired) electrons. The molecule has 2 aromatic rings. The van der Waals surface area contributed by atoms with E-state index in [1.54, 1.807) is 0 Å². The highest BCUT2D eigenvalue weighted by atomic mass is 32.1. The second-order valence-electron chi connectivity index (χ2n) is 6.82. The van der Waals surface area contributed by atoms with Crippen molar-refractivity contribution in [2.45, 2.75) is 26.4 Å². The minimum atomic E-state index is 0.724. The van der Waals surface area contributed by atoms with E-state index in [-0.39, 0.29) is 0 Å². The van der Waals surface area contributed by atoms with Crippen molar-refractivity contribution >= 4 is 18.2 Å². The van der Waals surface area contributed by atoms with Crippen LogP contribution >= 0.6 is 12.2 Å². The van der Waals surface area contributed by atoms with Gasteiger partial charge < -0.3 is 9.64 Å². The van der Waals surface area contributed by atoms with Gasteiger partial charge in [-0.1, -0.05) is 17.7 Å². The Labute approximate surface area is 153 Å². The van der Waals surface area contributed by atoms with Gasteiger partial charge in [-0.3, -0.25) is 9.47 Å². The number of nitrogens with zero attached hydrogens (tertiary/aromatic N) is 5. The third-order valence-electron chi connectivity index (χ3n) is 4.94. The standard InChI is InChI=1S/C18H25N5OS/c1-15-4-6-16(7-5-15)23-17(21-8-2-3-9-21)19-22(18(23)25)14-20-10-12-24-13-11-20/h4-7H,2-3,8-14H2,1H3. The summed E-state index contributed by atoms with van der Waals surface area (Å²) in [6.07, 6.45) is 2.44. The van der Waals surface area contributed by atoms with Gasteiger partial charge in [-0.25, -0.2) is 4.68 Å². The number of rotatable bonds is 4. The van der Waals surface area contributed by atoms with E-state index in [2.05, 4.69) is 45.6 Å². The van der Waals surface area contributed by atoms with Gasteiger partial charge in [0.25, 0.3) is 0 Å². The van der Waals surface area contributed by atoms with E-state index in [0.717, 1.165) is 62.5 Å². The van der Waals surface area contributed by atoms with Gasteiger partial charge >= 0.3 is 0 Å². The topological polar surface area (TPSA) is 38.5 Å². The number of hydrogen-bond donors (Lipinski definition) is 0. The predicted molar refractivity (Wildman–Crippen MR) is 101 cm³/mol. The average Bonchev–Trinajstić information content (AvgIpc) is 3.26. The van der Waals surface area contributed by atoms with Crippen molar-refractivity contribution in [2.24, 2.45) is 0 Å². The Morgan fingerprint density at radius 1 is 1.04 bits per heavy atom. The molecule has 0 spiro atoms. The Hall–Kier alpha value is -1.70. The first-order chi connectivity index (χ1) is 12.2. The first-order valence-corrected chi connectivity index (χ1v) is 9.45. The maximum atomic E-state index is 5.81. The molecule has 2 aliphatic rings. The summed E-state index contributed by atoms with van der Waals surface area (Å²) in [4.78, 5) is 4.70. The molecule has 0 atom stereocenters. The summed E-state index contributed by atoms with van der Waals surface area (Å²) in [6, 6.07) is 8.52. The molecule has 0 aliphatic carbocycles. The monoisotopic (exact) mass is 359 g/mol. The lowest BCUT2D eigenvalue weighted by atomic mass is 10.2. The van der Waals surface area contributed by atoms with Crippen molar-refractivity contribution in [3.63, 3.8) is 0 Å². The van der Waals surface area contributed by atoms with E-state index in [4.69, 9.17) is 22.1 Å². The first kappa shape index (κ1) is 16.8. The Morgan fingerprint density at radius 3 is 2.40 bits per heavy atom. The fraction of sp³-hybridized carbons (Fsp3) is 0.556. The predicted octanol–water partition coefficient (Wildman–Crippen LogP) is 2.60. The van der Waals surface area contributed by atoms with Crippen molar-refractivity contribution in [3.05, 3.63) is 34.6 Å². The first-order valence-electron chi connectivity index (χ1n) is 9.04. The van der Waals surface area contributed by atoms with Gasteiger partial charge in [-0.05, 0) is 44.1 Å². The van der Waals surface area contributed by atoms with E-state index in [9.17, 15) is 0 Å². The third-order valence-corrected chi connectivity index (χ3v) is 5.33. The van der Waals surface area contributed by atoms with Gasteiger partial charge in [-0.15, -0.1) is 5.10 Å². The van der Waals surface area contributed by atoms with Gasteiger partial charge in [-0.2, -0.15) is 0 Å². The van der Waals surface area contributed by atoms with Crippen molar-refractivity contribution in [1.29, 1.82) is 0 Å². The summed E-state index contributed by atoms with van der Waals surface area (Å²) < 4.78 is 10.3. The maximum Gasteiger partial charge on any atom is 0.230 e. The summed E-state index contributed by atoms with van der Waals surface area (Å²) in [5.41, 5.74) is 2.34. The van der Waals surface area contributed by atoms with Crippen LogP contribution in [0.1, 0.15) is 18.4 Å². The minimum Gasteiger partial charge on any atom is -0.379 e. The second-order valence-corrected chi connectivity index (χ2v) is 7.18. The summed E-state index contributed by atoms with van der Waals surface area (Å²) in [5, 5.41) is 4.90. The Kier molecular flexibility index (Phi) is 4.87. The van der Waals surface area contributed by atoms with Gasteiger partial charge in [0.15, 0.2) is 0 Å². The van der Waals surface area contributed by atoms with Crippen LogP contribution in [0.15, 0.2) is 24.3 Å². The largest absolute Gasteiger partial charge is 0.379 e. The molecule has 134 valence electrons. The highest BCUT2D eigenvalue weighted by Gasteiger charge is 2.22. The normalized spacial score (nSPS) is 18.8. The molecule has 0 N–H and O–H groups in total. The fourth-order valence-electron chi connectivity index (χ4n) is 3.46. The summed E-state index contributed by atoms with van der Waals surface area (Å²) in [5.74, 6) is 0.972. The van der Waals surface area contributed by atoms with Crippen molar-refractivity contribution in [3.8, 4) is 5.69 Å². The van der Waals surface area contributed by atoms with Crippen LogP contribution in [0, 0.1) is 11.7 Å². The molecule has 1 aromatic heterocycles. The van der Waals surface area contributed by atoms with Crippen LogP contribution in [-0.2, 0) is 11.4 Å². The van der Waals surface area contributed by atoms with Crippen LogP contribution in [0.3, 0.4) is 0 Å². The van der Waals surface area contributed by atoms with Gasteiger partial charge in [0.2, 0.25) is 10.7 Å². The number of morpholine rings is 1. The molecule has 0 bridgehead atoms. The smallest absolute Gasteiger partial charge is 0.230 e. The quantitative estimate of drug-likeness (QED) is 0.785. The number of anilines is 1. The molecule has 7 heteroatoms. The number of aromatic nitrogens is 3. The summed E-state index contributed by atoms with van der Waals surface area (Å²) >= 11 is 5.81. The second kappa shape index (κ2) is 7.27. The molecule has 1 aromatic carbocycles. The molecule has 2 fully saturated rings. The molecule has 2 saturated heterocycles. The van der Waals surface area contributed by atoms with E-state index in [1.165, 1.54) is 18.4 Å². The van der Waals surface area contributed by atoms with E-state index in [1.807, 2.05) is 4.68 Å². The molecular formula is C18H25N5OS. The van der Waals surface area contributed by atoms with E-state index >= 15 is 0 Å². The Balaban J connectivity index is 1.71. The zero-order valence-electron chi connectivity index (χ0n) is 14.7. The molecule has 4 rings (SSSR count). The third kappa shape index (κ3) is 3.49. The Bertz CT molecular complexity index is 770. The summed E-state index contributed by atoms with van der Waals surface area (Å²) in [6.45, 7) is 8.35. The van der Waals surface area contributed by atoms with Crippen LogP contribution in [0.5, 0.6) is 0 Å². The number of benzene rings is 1. The number of ether oxygens (including phenoxy) is 1. The van der Waals surface area contributed by atoms with Crippen molar-refractivity contribution in [2.75, 3.05) is 44.3 Å². The van der Waals surface area contributed by atoms with Crippen LogP contribution in [-0.4, -0.2) is 58.6 Å². The number of aryl methyl sites for hydroxylation is 1. The minimum absolute atomic E-state index is 0.724. The molecular weight excluding hydrogens is 334 g/mol. The van der Waals surface area contributed by atoms with Crippen LogP contribution in [0.2, 0.25) is 0 Å². The molecule has 0 unspecified atom stereocenters. The lowest BCUT2D eigenvalue weighted by molar-refractivity contribution is 0.0210. The molecule has 2 aliphatic heterocycles. The van der Waals surface area contributed by atoms with E-state index < -0.39 is 0 Å². The lowest BCUT2D eigenvalue weighted by Crippen LogP contribution is -2.37. The zero-order valence-corrected chi connectivity index (χ0v) is 15.5. The molecule has 0 amide bonds. The number of hydrogen-bond acceptors (Lipinski definition) is 5. The van der Waals surface area contributed by atoms with Crippen molar-refractivity contribution < 1.29 is 4.74 Å². The molecule has 3 heterocycles. The highest BCUT2D eigenvalue weighted by molar-refractivity contribution is 7.71. The van der Waals surface area contributed by atoms with Gasteiger partial charge in [0.05, 0.1) is 25.6 Å². The van der Waals surface area contributed by atoms with Crippen LogP contribution in [0.25, 0.3) is 5.69 Å². The van der Waals surface area contributed by atoms with Gasteiger partial charge in [0.1, 0.15) is 0 Å². The van der Waals surface area contributed by atoms with Gasteiger partial charge in [0, 0.05) is 26.2 Å². The highest BCUT2D eigenvalue weighted by Crippen LogP contribution is 2.24. The molecule has 6 nitrogen and oxygen atoms in total. The average molecular weight is 359 g/mol. The van der Waals surface area contributed by atoms with Crippen LogP contribution < -0.4 is 4.90 Å². The zero-order chi connectivity index (χ0) is 17.2. The molecule has 25 heavy (non-hydrogen) atoms. The SMILES string of the molecule is Cc1ccc(-n2c(N3CCCC3)nn(CN3CCOCC3)c2=S)cc1.